The quantitative estimate of drug-likeness (QED) is 0.0396. The van der Waals surface area contributed by atoms with Crippen LogP contribution in [0.1, 0.15) is 168 Å². The van der Waals surface area contributed by atoms with Crippen LogP contribution in [-0.2, 0) is 19.1 Å². The van der Waals surface area contributed by atoms with Crippen molar-refractivity contribution < 1.29 is 24.2 Å². The first-order valence-corrected chi connectivity index (χ1v) is 20.8. The lowest BCUT2D eigenvalue weighted by atomic mass is 10.1. The molecule has 0 saturated carbocycles. The summed E-state index contributed by atoms with van der Waals surface area (Å²) in [5, 5.41) is 9.56. The molecule has 0 aliphatic heterocycles. The average Bonchev–Trinajstić information content (AvgIpc) is 3.15. The number of rotatable bonds is 36. The van der Waals surface area contributed by atoms with Gasteiger partial charge in [-0.3, -0.25) is 9.59 Å². The van der Waals surface area contributed by atoms with Crippen LogP contribution < -0.4 is 0 Å². The van der Waals surface area contributed by atoms with E-state index in [1.807, 2.05) is 0 Å². The Hall–Kier alpha value is -3.18. The predicted molar refractivity (Wildman–Crippen MR) is 223 cm³/mol. The molecule has 5 heteroatoms. The lowest BCUT2D eigenvalue weighted by Crippen LogP contribution is -2.28. The molecule has 0 bridgehead atoms. The van der Waals surface area contributed by atoms with Gasteiger partial charge in [-0.2, -0.15) is 0 Å². The summed E-state index contributed by atoms with van der Waals surface area (Å²) in [6, 6.07) is 0. The van der Waals surface area contributed by atoms with Crippen LogP contribution in [0, 0.1) is 0 Å². The van der Waals surface area contributed by atoms with Crippen molar-refractivity contribution in [1.82, 2.24) is 0 Å². The van der Waals surface area contributed by atoms with E-state index in [9.17, 15) is 14.7 Å². The molecule has 5 nitrogen and oxygen atoms in total. The smallest absolute Gasteiger partial charge is 0.306 e. The minimum atomic E-state index is -0.808. The number of aliphatic hydroxyl groups excluding tert-OH is 1. The Morgan fingerprint density at radius 2 is 0.769 bits per heavy atom. The second-order valence-corrected chi connectivity index (χ2v) is 13.4. The number of hydrogen-bond acceptors (Lipinski definition) is 5. The molecule has 0 aromatic heterocycles. The van der Waals surface area contributed by atoms with Crippen LogP contribution in [0.2, 0.25) is 0 Å². The van der Waals surface area contributed by atoms with Crippen molar-refractivity contribution in [3.8, 4) is 0 Å². The first kappa shape index (κ1) is 48.8. The topological polar surface area (TPSA) is 72.8 Å². The molecule has 0 aliphatic carbocycles. The Kier molecular flexibility index (Phi) is 39.7. The van der Waals surface area contributed by atoms with Gasteiger partial charge in [-0.25, -0.2) is 0 Å². The van der Waals surface area contributed by atoms with Crippen LogP contribution >= 0.6 is 0 Å². The molecule has 0 rings (SSSR count). The lowest BCUT2D eigenvalue weighted by molar-refractivity contribution is -0.161. The van der Waals surface area contributed by atoms with E-state index in [1.54, 1.807) is 0 Å². The first-order chi connectivity index (χ1) is 25.6. The highest BCUT2D eigenvalue weighted by Gasteiger charge is 2.16. The molecule has 52 heavy (non-hydrogen) atoms. The maximum absolute atomic E-state index is 12.2. The summed E-state index contributed by atoms with van der Waals surface area (Å²) < 4.78 is 10.6. The highest BCUT2D eigenvalue weighted by atomic mass is 16.6. The molecule has 0 amide bonds. The van der Waals surface area contributed by atoms with E-state index >= 15 is 0 Å². The lowest BCUT2D eigenvalue weighted by Gasteiger charge is -2.15. The molecule has 0 fully saturated rings. The standard InChI is InChI=1S/C47H76O5/c1-3-5-7-9-11-13-15-17-19-21-23-25-27-29-31-33-35-37-39-41-46(49)51-44-45(43-48)52-47(50)42-40-38-36-34-32-30-28-26-24-22-20-18-16-14-12-10-8-6-4-2/h11-14,17-20,23-26,29-32,45,48H,3-10,15-16,21-22,27-28,33-44H2,1-2H3. The normalized spacial score (nSPS) is 13.2. The molecule has 0 aliphatic rings. The van der Waals surface area contributed by atoms with Crippen LogP contribution in [0.5, 0.6) is 0 Å². The molecule has 0 radical (unpaired) electrons. The van der Waals surface area contributed by atoms with Crippen molar-refractivity contribution in [1.29, 1.82) is 0 Å². The van der Waals surface area contributed by atoms with Crippen molar-refractivity contribution in [2.75, 3.05) is 13.2 Å². The minimum absolute atomic E-state index is 0.102. The number of ether oxygens (including phenoxy) is 2. The second kappa shape index (κ2) is 42.2. The van der Waals surface area contributed by atoms with Gasteiger partial charge in [0.1, 0.15) is 6.61 Å². The largest absolute Gasteiger partial charge is 0.462 e. The van der Waals surface area contributed by atoms with E-state index in [2.05, 4.69) is 111 Å². The van der Waals surface area contributed by atoms with Crippen molar-refractivity contribution in [3.05, 3.63) is 97.2 Å². The van der Waals surface area contributed by atoms with Gasteiger partial charge in [0.05, 0.1) is 6.61 Å². The Morgan fingerprint density at radius 1 is 0.442 bits per heavy atom. The van der Waals surface area contributed by atoms with E-state index in [4.69, 9.17) is 9.47 Å². The van der Waals surface area contributed by atoms with Gasteiger partial charge in [0.25, 0.3) is 0 Å². The number of allylic oxidation sites excluding steroid dienone is 16. The van der Waals surface area contributed by atoms with Crippen molar-refractivity contribution in [3.63, 3.8) is 0 Å². The van der Waals surface area contributed by atoms with Crippen molar-refractivity contribution in [2.45, 2.75) is 174 Å². The van der Waals surface area contributed by atoms with E-state index in [-0.39, 0.29) is 25.2 Å². The molecule has 1 unspecified atom stereocenters. The molecule has 1 atom stereocenters. The third kappa shape index (κ3) is 39.6. The summed E-state index contributed by atoms with van der Waals surface area (Å²) in [6.07, 6.45) is 58.9. The second-order valence-electron chi connectivity index (χ2n) is 13.4. The number of carbonyl (C=O) groups is 2. The third-order valence-electron chi connectivity index (χ3n) is 8.35. The average molecular weight is 721 g/mol. The Labute approximate surface area is 319 Å². The van der Waals surface area contributed by atoms with Gasteiger partial charge in [0, 0.05) is 12.8 Å². The molecular weight excluding hydrogens is 645 g/mol. The van der Waals surface area contributed by atoms with Gasteiger partial charge in [0.15, 0.2) is 6.10 Å². The molecule has 294 valence electrons. The van der Waals surface area contributed by atoms with Gasteiger partial charge in [-0.05, 0) is 103 Å². The Morgan fingerprint density at radius 3 is 1.12 bits per heavy atom. The first-order valence-electron chi connectivity index (χ1n) is 20.8. The molecular formula is C47H76O5. The fraction of sp³-hybridized carbons (Fsp3) is 0.617. The summed E-state index contributed by atoms with van der Waals surface area (Å²) in [4.78, 5) is 24.3. The molecule has 0 spiro atoms. The van der Waals surface area contributed by atoms with Gasteiger partial charge >= 0.3 is 11.9 Å². The maximum Gasteiger partial charge on any atom is 0.306 e. The van der Waals surface area contributed by atoms with Crippen LogP contribution in [0.4, 0.5) is 0 Å². The van der Waals surface area contributed by atoms with E-state index < -0.39 is 6.10 Å². The fourth-order valence-electron chi connectivity index (χ4n) is 5.17. The SMILES string of the molecule is CCCCCC=CCC=CCC=CCC=CCCCCCC(=O)OCC(CO)OC(=O)CCCCCC=CCC=CCC=CCC=CCCCCC. The number of esters is 2. The number of aliphatic hydroxyl groups is 1. The van der Waals surface area contributed by atoms with Gasteiger partial charge in [-0.1, -0.05) is 150 Å². The Balaban J connectivity index is 3.73. The van der Waals surface area contributed by atoms with Crippen LogP contribution in [0.15, 0.2) is 97.2 Å². The number of hydrogen-bond donors (Lipinski definition) is 1. The third-order valence-corrected chi connectivity index (χ3v) is 8.35. The fourth-order valence-corrected chi connectivity index (χ4v) is 5.17. The monoisotopic (exact) mass is 721 g/mol. The molecule has 0 heterocycles. The highest BCUT2D eigenvalue weighted by molar-refractivity contribution is 5.70. The van der Waals surface area contributed by atoms with E-state index in [0.29, 0.717) is 12.8 Å². The highest BCUT2D eigenvalue weighted by Crippen LogP contribution is 2.09. The maximum atomic E-state index is 12.2. The number of carbonyl (C=O) groups excluding carboxylic acids is 2. The molecule has 1 N–H and O–H groups in total. The van der Waals surface area contributed by atoms with Gasteiger partial charge < -0.3 is 14.6 Å². The summed E-state index contributed by atoms with van der Waals surface area (Å²) in [7, 11) is 0. The minimum Gasteiger partial charge on any atom is -0.462 e. The van der Waals surface area contributed by atoms with Crippen LogP contribution in [0.3, 0.4) is 0 Å². The zero-order chi connectivity index (χ0) is 37.8. The zero-order valence-electron chi connectivity index (χ0n) is 33.3. The number of unbranched alkanes of at least 4 members (excludes halogenated alkanes) is 12. The van der Waals surface area contributed by atoms with Crippen LogP contribution in [-0.4, -0.2) is 36.4 Å². The summed E-state index contributed by atoms with van der Waals surface area (Å²) in [6.45, 7) is 4.01. The zero-order valence-corrected chi connectivity index (χ0v) is 33.3. The molecule has 0 aromatic carbocycles. The molecule has 0 aromatic rings. The summed E-state index contributed by atoms with van der Waals surface area (Å²) in [5.41, 5.74) is 0. The predicted octanol–water partition coefficient (Wildman–Crippen LogP) is 13.3. The van der Waals surface area contributed by atoms with E-state index in [1.165, 1.54) is 51.4 Å². The summed E-state index contributed by atoms with van der Waals surface area (Å²) >= 11 is 0. The summed E-state index contributed by atoms with van der Waals surface area (Å²) in [5.74, 6) is -0.672. The van der Waals surface area contributed by atoms with Gasteiger partial charge in [0.2, 0.25) is 0 Å². The van der Waals surface area contributed by atoms with Gasteiger partial charge in [-0.15, -0.1) is 0 Å². The van der Waals surface area contributed by atoms with Crippen molar-refractivity contribution in [2.24, 2.45) is 0 Å². The van der Waals surface area contributed by atoms with Crippen molar-refractivity contribution >= 4 is 11.9 Å². The molecule has 0 saturated heterocycles. The van der Waals surface area contributed by atoms with E-state index in [0.717, 1.165) is 89.9 Å². The Bertz CT molecular complexity index is 1040. The van der Waals surface area contributed by atoms with Crippen LogP contribution in [0.25, 0.3) is 0 Å².